The maximum atomic E-state index is 13.7. The molecule has 236 valence electrons. The van der Waals surface area contributed by atoms with Gasteiger partial charge in [-0.15, -0.1) is 0 Å². The normalized spacial score (nSPS) is 18.0. The standard InChI is InChI=1S/C15H11F22NO/c1-4(39)38(2)5(16)3-6(17,18)7(19,20)8(21,22)9(23,24)10(25,26)11(27,28)12(29,30)13(31,32)14(33,34)15(35,36)37/h4-5,39H,3H2,1-2H3. The van der Waals surface area contributed by atoms with Gasteiger partial charge in [0.1, 0.15) is 6.23 Å². The van der Waals surface area contributed by atoms with E-state index in [1.165, 1.54) is 0 Å². The van der Waals surface area contributed by atoms with Crippen LogP contribution in [0.5, 0.6) is 0 Å². The Morgan fingerprint density at radius 3 is 0.949 bits per heavy atom. The maximum Gasteiger partial charge on any atom is 0.460 e. The predicted octanol–water partition coefficient (Wildman–Crippen LogP) is 7.22. The topological polar surface area (TPSA) is 23.5 Å². The Morgan fingerprint density at radius 2 is 0.718 bits per heavy atom. The smallest absolute Gasteiger partial charge is 0.379 e. The van der Waals surface area contributed by atoms with Gasteiger partial charge in [-0.25, -0.2) is 4.39 Å². The number of halogens is 22. The molecule has 0 aliphatic heterocycles. The Balaban J connectivity index is 6.96. The van der Waals surface area contributed by atoms with Gasteiger partial charge in [-0.05, 0) is 14.0 Å². The summed E-state index contributed by atoms with van der Waals surface area (Å²) in [5.41, 5.74) is 0. The van der Waals surface area contributed by atoms with Gasteiger partial charge in [0.05, 0.1) is 6.42 Å². The van der Waals surface area contributed by atoms with Gasteiger partial charge in [-0.3, -0.25) is 4.90 Å². The minimum absolute atomic E-state index is 0.240. The third-order valence-corrected chi connectivity index (χ3v) is 5.03. The lowest BCUT2D eigenvalue weighted by Crippen LogP contribution is -2.76. The zero-order valence-electron chi connectivity index (χ0n) is 18.1. The molecule has 1 N–H and O–H groups in total. The molecule has 0 saturated heterocycles. The minimum Gasteiger partial charge on any atom is -0.379 e. The van der Waals surface area contributed by atoms with Crippen molar-refractivity contribution in [1.29, 1.82) is 0 Å². The minimum atomic E-state index is -9.26. The molecule has 0 fully saturated rings. The number of nitrogens with zero attached hydrogens (tertiary/aromatic N) is 1. The Hall–Kier alpha value is -1.62. The molecule has 0 rings (SSSR count). The van der Waals surface area contributed by atoms with E-state index in [2.05, 4.69) is 0 Å². The number of hydrogen-bond acceptors (Lipinski definition) is 2. The van der Waals surface area contributed by atoms with Crippen LogP contribution in [0.25, 0.3) is 0 Å². The number of alkyl halides is 22. The molecule has 0 amide bonds. The molecule has 2 atom stereocenters. The SMILES string of the molecule is CC(O)N(C)C(F)CC(F)(F)C(F)(F)C(F)(F)C(F)(F)C(F)(F)C(F)(F)C(F)(F)C(F)(F)C(F)(F)C(F)(F)F. The summed E-state index contributed by atoms with van der Waals surface area (Å²) in [5.74, 6) is -78.2. The maximum absolute atomic E-state index is 13.7. The molecule has 2 nitrogen and oxygen atoms in total. The van der Waals surface area contributed by atoms with Crippen LogP contribution in [-0.2, 0) is 0 Å². The molecule has 2 unspecified atom stereocenters. The first-order chi connectivity index (χ1) is 16.5. The lowest BCUT2D eigenvalue weighted by molar-refractivity contribution is -0.474. The summed E-state index contributed by atoms with van der Waals surface area (Å²) in [5, 5.41) is 8.87. The van der Waals surface area contributed by atoms with Crippen molar-refractivity contribution in [2.24, 2.45) is 0 Å². The van der Waals surface area contributed by atoms with Crippen LogP contribution in [0.2, 0.25) is 0 Å². The summed E-state index contributed by atoms with van der Waals surface area (Å²) < 4.78 is 291. The first-order valence-corrected chi connectivity index (χ1v) is 9.00. The van der Waals surface area contributed by atoms with Crippen LogP contribution < -0.4 is 0 Å². The molecule has 0 aromatic heterocycles. The molecule has 0 aliphatic carbocycles. The van der Waals surface area contributed by atoms with Crippen molar-refractivity contribution >= 4 is 0 Å². The average molecular weight is 639 g/mol. The molecule has 0 heterocycles. The highest BCUT2D eigenvalue weighted by Crippen LogP contribution is 2.66. The van der Waals surface area contributed by atoms with Crippen LogP contribution >= 0.6 is 0 Å². The van der Waals surface area contributed by atoms with E-state index in [1.807, 2.05) is 0 Å². The molecule has 0 radical (unpaired) electrons. The van der Waals surface area contributed by atoms with E-state index < -0.39 is 83.3 Å². The van der Waals surface area contributed by atoms with Crippen molar-refractivity contribution in [2.45, 2.75) is 85.3 Å². The molecular weight excluding hydrogens is 628 g/mol. The van der Waals surface area contributed by atoms with Crippen LogP contribution in [0.3, 0.4) is 0 Å². The Labute approximate surface area is 200 Å². The van der Waals surface area contributed by atoms with E-state index in [-0.39, 0.29) is 7.05 Å². The van der Waals surface area contributed by atoms with Gasteiger partial charge in [0.2, 0.25) is 0 Å². The molecule has 24 heteroatoms. The first-order valence-electron chi connectivity index (χ1n) is 9.00. The van der Waals surface area contributed by atoms with Crippen LogP contribution in [0.15, 0.2) is 0 Å². The lowest BCUT2D eigenvalue weighted by Gasteiger charge is -2.44. The zero-order valence-corrected chi connectivity index (χ0v) is 18.1. The molecule has 0 spiro atoms. The summed E-state index contributed by atoms with van der Waals surface area (Å²) in [4.78, 5) is -0.424. The molecule has 0 aromatic rings. The van der Waals surface area contributed by atoms with Crippen LogP contribution in [-0.4, -0.2) is 89.1 Å². The lowest BCUT2D eigenvalue weighted by atomic mass is 9.85. The fourth-order valence-corrected chi connectivity index (χ4v) is 2.31. The Bertz CT molecular complexity index is 860. The second kappa shape index (κ2) is 9.74. The average Bonchev–Trinajstić information content (AvgIpc) is 2.70. The van der Waals surface area contributed by atoms with Crippen molar-refractivity contribution in [1.82, 2.24) is 4.90 Å². The largest absolute Gasteiger partial charge is 0.460 e. The fraction of sp³-hybridized carbons (Fsp3) is 1.00. The first kappa shape index (κ1) is 37.4. The molecule has 0 bridgehead atoms. The van der Waals surface area contributed by atoms with Gasteiger partial charge in [0.25, 0.3) is 0 Å². The number of aliphatic hydroxyl groups is 1. The van der Waals surface area contributed by atoms with E-state index in [0.717, 1.165) is 0 Å². The van der Waals surface area contributed by atoms with E-state index in [4.69, 9.17) is 5.11 Å². The molecular formula is C15H11F22NO. The quantitative estimate of drug-likeness (QED) is 0.139. The summed E-state index contributed by atoms with van der Waals surface area (Å²) in [6, 6.07) is 0. The third-order valence-electron chi connectivity index (χ3n) is 5.03. The van der Waals surface area contributed by atoms with Gasteiger partial charge in [0, 0.05) is 0 Å². The highest BCUT2D eigenvalue weighted by Gasteiger charge is 2.97. The highest BCUT2D eigenvalue weighted by atomic mass is 19.4. The van der Waals surface area contributed by atoms with Crippen molar-refractivity contribution in [3.63, 3.8) is 0 Å². The van der Waals surface area contributed by atoms with Crippen molar-refractivity contribution in [2.75, 3.05) is 7.05 Å². The van der Waals surface area contributed by atoms with E-state index in [9.17, 15) is 96.6 Å². The van der Waals surface area contributed by atoms with E-state index in [1.54, 1.807) is 0 Å². The molecule has 0 aromatic carbocycles. The van der Waals surface area contributed by atoms with E-state index >= 15 is 0 Å². The summed E-state index contributed by atoms with van der Waals surface area (Å²) >= 11 is 0. The highest BCUT2D eigenvalue weighted by molar-refractivity contribution is 5.18. The van der Waals surface area contributed by atoms with Gasteiger partial charge in [0.15, 0.2) is 6.30 Å². The van der Waals surface area contributed by atoms with Crippen LogP contribution in [0.1, 0.15) is 13.3 Å². The van der Waals surface area contributed by atoms with Gasteiger partial charge >= 0.3 is 59.5 Å². The number of rotatable bonds is 12. The fourth-order valence-electron chi connectivity index (χ4n) is 2.31. The van der Waals surface area contributed by atoms with Crippen LogP contribution in [0, 0.1) is 0 Å². The number of hydrogen-bond donors (Lipinski definition) is 1. The zero-order chi connectivity index (χ0) is 32.4. The van der Waals surface area contributed by atoms with Gasteiger partial charge in [-0.1, -0.05) is 0 Å². The molecule has 0 saturated carbocycles. The molecule has 0 aliphatic rings. The third kappa shape index (κ3) is 5.04. The monoisotopic (exact) mass is 639 g/mol. The van der Waals surface area contributed by atoms with Gasteiger partial charge in [-0.2, -0.15) is 92.2 Å². The van der Waals surface area contributed by atoms with Crippen molar-refractivity contribution in [3.8, 4) is 0 Å². The second-order valence-electron chi connectivity index (χ2n) is 7.73. The predicted molar refractivity (Wildman–Crippen MR) is 79.5 cm³/mol. The molecule has 39 heavy (non-hydrogen) atoms. The summed E-state index contributed by atoms with van der Waals surface area (Å²) in [6.45, 7) is 0.493. The van der Waals surface area contributed by atoms with Gasteiger partial charge < -0.3 is 5.11 Å². The van der Waals surface area contributed by atoms with Crippen molar-refractivity contribution in [3.05, 3.63) is 0 Å². The van der Waals surface area contributed by atoms with E-state index in [0.29, 0.717) is 6.92 Å². The number of aliphatic hydroxyl groups excluding tert-OH is 1. The van der Waals surface area contributed by atoms with Crippen LogP contribution in [0.4, 0.5) is 96.6 Å². The van der Waals surface area contributed by atoms with Crippen molar-refractivity contribution < 1.29 is 102 Å². The second-order valence-corrected chi connectivity index (χ2v) is 7.73. The summed E-state index contributed by atoms with van der Waals surface area (Å²) in [7, 11) is 0.240. The Kier molecular flexibility index (Phi) is 9.33. The Morgan fingerprint density at radius 1 is 0.487 bits per heavy atom. The summed E-state index contributed by atoms with van der Waals surface area (Å²) in [6.07, 6.45) is -17.5.